The van der Waals surface area contributed by atoms with Gasteiger partial charge in [0.15, 0.2) is 0 Å². The fourth-order valence-corrected chi connectivity index (χ4v) is 0.770. The lowest BCUT2D eigenvalue weighted by atomic mass is 10.3. The lowest BCUT2D eigenvalue weighted by Gasteiger charge is -2.05. The van der Waals surface area contributed by atoms with Crippen LogP contribution in [-0.2, 0) is 9.47 Å². The molecule has 0 spiro atoms. The van der Waals surface area contributed by atoms with Crippen LogP contribution in [0.1, 0.15) is 6.42 Å². The average Bonchev–Trinajstić information content (AvgIpc) is 2.15. The third-order valence-electron chi connectivity index (χ3n) is 1.17. The Morgan fingerprint density at radius 1 is 1.78 bits per heavy atom. The van der Waals surface area contributed by atoms with E-state index in [1.807, 2.05) is 0 Å². The number of rotatable bonds is 1. The standard InChI is InChI=1S/C5H9NO3/c6-5(7)9-4-1-2-8-3-4/h4H,1-3H2,(H2,6,7)/t4-/m1/s1. The molecule has 0 unspecified atom stereocenters. The van der Waals surface area contributed by atoms with Crippen LogP contribution in [0.5, 0.6) is 0 Å². The van der Waals surface area contributed by atoms with Crippen molar-refractivity contribution in [3.05, 3.63) is 0 Å². The van der Waals surface area contributed by atoms with Crippen molar-refractivity contribution in [2.24, 2.45) is 5.73 Å². The SMILES string of the molecule is NC(=O)O[C@@H]1CCOC1. The monoisotopic (exact) mass is 131 g/mol. The van der Waals surface area contributed by atoms with E-state index in [-0.39, 0.29) is 6.10 Å². The molecule has 0 bridgehead atoms. The van der Waals surface area contributed by atoms with E-state index < -0.39 is 6.09 Å². The van der Waals surface area contributed by atoms with Crippen molar-refractivity contribution in [2.75, 3.05) is 13.2 Å². The van der Waals surface area contributed by atoms with Crippen molar-refractivity contribution in [3.63, 3.8) is 0 Å². The zero-order chi connectivity index (χ0) is 6.69. The van der Waals surface area contributed by atoms with Crippen LogP contribution < -0.4 is 5.73 Å². The van der Waals surface area contributed by atoms with Crippen molar-refractivity contribution in [2.45, 2.75) is 12.5 Å². The number of amides is 1. The van der Waals surface area contributed by atoms with Crippen LogP contribution in [0.2, 0.25) is 0 Å². The first kappa shape index (κ1) is 6.35. The van der Waals surface area contributed by atoms with Gasteiger partial charge < -0.3 is 15.2 Å². The van der Waals surface area contributed by atoms with Gasteiger partial charge in [0, 0.05) is 6.42 Å². The highest BCUT2D eigenvalue weighted by atomic mass is 16.6. The first-order chi connectivity index (χ1) is 4.29. The average molecular weight is 131 g/mol. The second-order valence-corrected chi connectivity index (χ2v) is 1.92. The Bertz CT molecular complexity index is 109. The molecular formula is C5H9NO3. The Kier molecular flexibility index (Phi) is 1.89. The number of ether oxygens (including phenoxy) is 2. The molecule has 4 heteroatoms. The summed E-state index contributed by atoms with van der Waals surface area (Å²) in [5.74, 6) is 0. The number of hydrogen-bond acceptors (Lipinski definition) is 3. The van der Waals surface area contributed by atoms with Crippen LogP contribution in [0.3, 0.4) is 0 Å². The van der Waals surface area contributed by atoms with Gasteiger partial charge in [0.2, 0.25) is 0 Å². The lowest BCUT2D eigenvalue weighted by molar-refractivity contribution is 0.0900. The number of nitrogens with two attached hydrogens (primary N) is 1. The Morgan fingerprint density at radius 2 is 2.56 bits per heavy atom. The van der Waals surface area contributed by atoms with E-state index in [4.69, 9.17) is 10.5 Å². The largest absolute Gasteiger partial charge is 0.444 e. The summed E-state index contributed by atoms with van der Waals surface area (Å²) in [6, 6.07) is 0. The van der Waals surface area contributed by atoms with Gasteiger partial charge >= 0.3 is 6.09 Å². The van der Waals surface area contributed by atoms with E-state index in [0.29, 0.717) is 13.2 Å². The van der Waals surface area contributed by atoms with Gasteiger partial charge in [-0.2, -0.15) is 0 Å². The van der Waals surface area contributed by atoms with E-state index in [0.717, 1.165) is 6.42 Å². The van der Waals surface area contributed by atoms with Gasteiger partial charge in [-0.15, -0.1) is 0 Å². The van der Waals surface area contributed by atoms with Crippen molar-refractivity contribution in [3.8, 4) is 0 Å². The minimum atomic E-state index is -0.717. The number of hydrogen-bond donors (Lipinski definition) is 1. The molecule has 1 aliphatic rings. The fourth-order valence-electron chi connectivity index (χ4n) is 0.770. The predicted molar refractivity (Wildman–Crippen MR) is 29.9 cm³/mol. The highest BCUT2D eigenvalue weighted by Gasteiger charge is 2.17. The molecule has 0 aliphatic carbocycles. The Balaban J connectivity index is 2.19. The van der Waals surface area contributed by atoms with Crippen LogP contribution in [0.15, 0.2) is 0 Å². The Morgan fingerprint density at radius 3 is 3.00 bits per heavy atom. The van der Waals surface area contributed by atoms with E-state index >= 15 is 0 Å². The van der Waals surface area contributed by atoms with Crippen LogP contribution in [-0.4, -0.2) is 25.4 Å². The van der Waals surface area contributed by atoms with Gasteiger partial charge in [-0.3, -0.25) is 0 Å². The minimum Gasteiger partial charge on any atom is -0.444 e. The van der Waals surface area contributed by atoms with Gasteiger partial charge in [-0.05, 0) is 0 Å². The smallest absolute Gasteiger partial charge is 0.404 e. The van der Waals surface area contributed by atoms with Gasteiger partial charge in [-0.25, -0.2) is 4.79 Å². The molecule has 0 radical (unpaired) electrons. The highest BCUT2D eigenvalue weighted by Crippen LogP contribution is 2.06. The molecule has 1 fully saturated rings. The fraction of sp³-hybridized carbons (Fsp3) is 0.800. The van der Waals surface area contributed by atoms with Gasteiger partial charge in [0.05, 0.1) is 13.2 Å². The zero-order valence-electron chi connectivity index (χ0n) is 5.00. The Hall–Kier alpha value is -0.770. The molecule has 0 saturated carbocycles. The third-order valence-corrected chi connectivity index (χ3v) is 1.17. The molecule has 1 atom stereocenters. The molecule has 52 valence electrons. The molecule has 1 aliphatic heterocycles. The maximum atomic E-state index is 10.1. The zero-order valence-corrected chi connectivity index (χ0v) is 5.00. The molecule has 1 amide bonds. The first-order valence-electron chi connectivity index (χ1n) is 2.83. The van der Waals surface area contributed by atoms with Gasteiger partial charge in [-0.1, -0.05) is 0 Å². The third kappa shape index (κ3) is 1.89. The molecule has 0 aromatic carbocycles. The van der Waals surface area contributed by atoms with Crippen molar-refractivity contribution < 1.29 is 14.3 Å². The number of carbonyl (C=O) groups is 1. The first-order valence-corrected chi connectivity index (χ1v) is 2.83. The minimum absolute atomic E-state index is 0.109. The van der Waals surface area contributed by atoms with Crippen LogP contribution in [0, 0.1) is 0 Å². The predicted octanol–water partition coefficient (Wildman–Crippen LogP) is -0.129. The topological polar surface area (TPSA) is 61.6 Å². The molecule has 1 rings (SSSR count). The highest BCUT2D eigenvalue weighted by molar-refractivity contribution is 5.64. The summed E-state index contributed by atoms with van der Waals surface area (Å²) in [4.78, 5) is 10.1. The second kappa shape index (κ2) is 2.68. The molecule has 2 N–H and O–H groups in total. The van der Waals surface area contributed by atoms with Crippen LogP contribution in [0.25, 0.3) is 0 Å². The summed E-state index contributed by atoms with van der Waals surface area (Å²) >= 11 is 0. The molecule has 0 aromatic rings. The van der Waals surface area contributed by atoms with Crippen molar-refractivity contribution in [1.82, 2.24) is 0 Å². The van der Waals surface area contributed by atoms with E-state index in [1.54, 1.807) is 0 Å². The molecule has 1 saturated heterocycles. The van der Waals surface area contributed by atoms with Crippen LogP contribution >= 0.6 is 0 Å². The molecule has 1 heterocycles. The van der Waals surface area contributed by atoms with E-state index in [2.05, 4.69) is 4.74 Å². The summed E-state index contributed by atoms with van der Waals surface area (Å²) in [6.45, 7) is 1.15. The number of primary amides is 1. The molecule has 4 nitrogen and oxygen atoms in total. The quantitative estimate of drug-likeness (QED) is 0.539. The summed E-state index contributed by atoms with van der Waals surface area (Å²) in [7, 11) is 0. The molecule has 9 heavy (non-hydrogen) atoms. The maximum Gasteiger partial charge on any atom is 0.404 e. The summed E-state index contributed by atoms with van der Waals surface area (Å²) in [5.41, 5.74) is 4.76. The van der Waals surface area contributed by atoms with E-state index in [1.165, 1.54) is 0 Å². The molecule has 0 aromatic heterocycles. The van der Waals surface area contributed by atoms with E-state index in [9.17, 15) is 4.79 Å². The van der Waals surface area contributed by atoms with Crippen molar-refractivity contribution >= 4 is 6.09 Å². The lowest BCUT2D eigenvalue weighted by Crippen LogP contribution is -2.22. The number of carbonyl (C=O) groups excluding carboxylic acids is 1. The van der Waals surface area contributed by atoms with Crippen molar-refractivity contribution in [1.29, 1.82) is 0 Å². The van der Waals surface area contributed by atoms with Gasteiger partial charge in [0.1, 0.15) is 6.10 Å². The summed E-state index contributed by atoms with van der Waals surface area (Å²) in [6.07, 6.45) is -0.0591. The molecular weight excluding hydrogens is 122 g/mol. The normalized spacial score (nSPS) is 26.0. The second-order valence-electron chi connectivity index (χ2n) is 1.92. The van der Waals surface area contributed by atoms with Crippen LogP contribution in [0.4, 0.5) is 4.79 Å². The maximum absolute atomic E-state index is 10.1. The Labute approximate surface area is 52.9 Å². The summed E-state index contributed by atoms with van der Waals surface area (Å²) in [5, 5.41) is 0. The summed E-state index contributed by atoms with van der Waals surface area (Å²) < 4.78 is 9.55. The van der Waals surface area contributed by atoms with Gasteiger partial charge in [0.25, 0.3) is 0 Å².